The van der Waals surface area contributed by atoms with Crippen LogP contribution in [0, 0.1) is 5.82 Å². The van der Waals surface area contributed by atoms with Crippen LogP contribution in [0.5, 0.6) is 0 Å². The van der Waals surface area contributed by atoms with Gasteiger partial charge in [-0.1, -0.05) is 18.2 Å². The molecule has 0 aliphatic carbocycles. The molecule has 2 amide bonds. The zero-order valence-corrected chi connectivity index (χ0v) is 13.0. The molecule has 0 aliphatic rings. The van der Waals surface area contributed by atoms with E-state index >= 15 is 0 Å². The van der Waals surface area contributed by atoms with Crippen molar-refractivity contribution in [2.75, 3.05) is 13.1 Å². The van der Waals surface area contributed by atoms with Gasteiger partial charge in [-0.2, -0.15) is 0 Å². The van der Waals surface area contributed by atoms with Gasteiger partial charge in [0.05, 0.1) is 12.4 Å². The monoisotopic (exact) mass is 334 g/mol. The van der Waals surface area contributed by atoms with Gasteiger partial charge in [0.25, 0.3) is 5.91 Å². The summed E-state index contributed by atoms with van der Waals surface area (Å²) in [4.78, 5) is 23.3. The number of carbonyl (C=O) groups excluding carboxylic acids is 2. The van der Waals surface area contributed by atoms with Gasteiger partial charge in [0, 0.05) is 25.1 Å². The first-order valence-corrected chi connectivity index (χ1v) is 7.59. The number of hydrogen-bond donors (Lipinski definition) is 3. The van der Waals surface area contributed by atoms with Gasteiger partial charge < -0.3 is 20.2 Å². The molecule has 7 heteroatoms. The van der Waals surface area contributed by atoms with Gasteiger partial charge >= 0.3 is 0 Å². The summed E-state index contributed by atoms with van der Waals surface area (Å²) in [6, 6.07) is 9.03. The second-order valence-corrected chi connectivity index (χ2v) is 5.18. The van der Waals surface area contributed by atoms with Crippen molar-refractivity contribution in [2.24, 2.45) is 0 Å². The van der Waals surface area contributed by atoms with Crippen LogP contribution in [-0.4, -0.2) is 30.0 Å². The lowest BCUT2D eigenvalue weighted by Crippen LogP contribution is -2.30. The van der Waals surface area contributed by atoms with Gasteiger partial charge in [0.2, 0.25) is 5.91 Å². The molecule has 3 N–H and O–H groups in total. The van der Waals surface area contributed by atoms with E-state index < -0.39 is 11.9 Å². The van der Waals surface area contributed by atoms with E-state index in [1.807, 2.05) is 0 Å². The molecule has 0 radical (unpaired) electrons. The molecular weight excluding hydrogens is 315 g/mol. The maximum absolute atomic E-state index is 13.5. The fraction of sp³-hybridized carbons (Fsp3) is 0.294. The zero-order chi connectivity index (χ0) is 17.4. The average Bonchev–Trinajstić information content (AvgIpc) is 3.11. The van der Waals surface area contributed by atoms with Crippen molar-refractivity contribution < 1.29 is 23.5 Å². The molecule has 0 spiro atoms. The molecule has 2 aromatic rings. The highest BCUT2D eigenvalue weighted by Gasteiger charge is 2.13. The second-order valence-electron chi connectivity index (χ2n) is 5.18. The van der Waals surface area contributed by atoms with E-state index in [2.05, 4.69) is 10.6 Å². The lowest BCUT2D eigenvalue weighted by atomic mass is 10.1. The molecule has 0 aliphatic heterocycles. The number of hydrogen-bond acceptors (Lipinski definition) is 4. The Bertz CT molecular complexity index is 673. The van der Waals surface area contributed by atoms with E-state index in [4.69, 9.17) is 4.42 Å². The van der Waals surface area contributed by atoms with Crippen LogP contribution in [0.4, 0.5) is 4.39 Å². The number of nitrogens with one attached hydrogen (secondary N) is 2. The number of halogens is 1. The quantitative estimate of drug-likeness (QED) is 0.642. The van der Waals surface area contributed by atoms with Gasteiger partial charge in [-0.3, -0.25) is 9.59 Å². The molecule has 1 aromatic heterocycles. The third kappa shape index (κ3) is 5.20. The smallest absolute Gasteiger partial charge is 0.286 e. The number of rotatable bonds is 8. The topological polar surface area (TPSA) is 91.6 Å². The Balaban J connectivity index is 1.63. The minimum Gasteiger partial charge on any atom is -0.459 e. The van der Waals surface area contributed by atoms with Crippen molar-refractivity contribution in [3.8, 4) is 0 Å². The van der Waals surface area contributed by atoms with Crippen LogP contribution < -0.4 is 10.6 Å². The summed E-state index contributed by atoms with van der Waals surface area (Å²) >= 11 is 0. The molecular formula is C17H19FN2O4. The predicted octanol–water partition coefficient (Wildman–Crippen LogP) is 1.78. The molecule has 128 valence electrons. The SMILES string of the molecule is O=C(CCCNC(=O)c1ccco1)NCC(O)c1ccccc1F. The summed E-state index contributed by atoms with van der Waals surface area (Å²) in [7, 11) is 0. The summed E-state index contributed by atoms with van der Waals surface area (Å²) in [5.74, 6) is -0.916. The maximum Gasteiger partial charge on any atom is 0.286 e. The Morgan fingerprint density at radius 1 is 1.17 bits per heavy atom. The van der Waals surface area contributed by atoms with Crippen molar-refractivity contribution in [3.63, 3.8) is 0 Å². The van der Waals surface area contributed by atoms with Crippen LogP contribution in [-0.2, 0) is 4.79 Å². The van der Waals surface area contributed by atoms with Gasteiger partial charge in [-0.05, 0) is 24.6 Å². The Hall–Kier alpha value is -2.67. The number of aliphatic hydroxyl groups excluding tert-OH is 1. The highest BCUT2D eigenvalue weighted by molar-refractivity contribution is 5.91. The van der Waals surface area contributed by atoms with Crippen LogP contribution >= 0.6 is 0 Å². The molecule has 24 heavy (non-hydrogen) atoms. The highest BCUT2D eigenvalue weighted by Crippen LogP contribution is 2.15. The van der Waals surface area contributed by atoms with Crippen molar-refractivity contribution in [1.29, 1.82) is 0 Å². The molecule has 6 nitrogen and oxygen atoms in total. The maximum atomic E-state index is 13.5. The third-order valence-electron chi connectivity index (χ3n) is 3.37. The average molecular weight is 334 g/mol. The van der Waals surface area contributed by atoms with Crippen molar-refractivity contribution >= 4 is 11.8 Å². The van der Waals surface area contributed by atoms with E-state index in [9.17, 15) is 19.1 Å². The Labute approximate surface area is 138 Å². The Morgan fingerprint density at radius 2 is 1.96 bits per heavy atom. The van der Waals surface area contributed by atoms with E-state index in [0.717, 1.165) is 0 Å². The number of amides is 2. The van der Waals surface area contributed by atoms with E-state index in [0.29, 0.717) is 13.0 Å². The van der Waals surface area contributed by atoms with E-state index in [1.165, 1.54) is 24.5 Å². The van der Waals surface area contributed by atoms with E-state index in [1.54, 1.807) is 18.2 Å². The minimum absolute atomic E-state index is 0.0709. The number of carbonyl (C=O) groups is 2. The van der Waals surface area contributed by atoms with Gasteiger partial charge in [0.1, 0.15) is 5.82 Å². The number of benzene rings is 1. The normalized spacial score (nSPS) is 11.8. The molecule has 1 unspecified atom stereocenters. The van der Waals surface area contributed by atoms with Crippen molar-refractivity contribution in [1.82, 2.24) is 10.6 Å². The molecule has 0 saturated heterocycles. The summed E-state index contributed by atoms with van der Waals surface area (Å²) in [6.07, 6.45) is 0.925. The summed E-state index contributed by atoms with van der Waals surface area (Å²) < 4.78 is 18.4. The Kier molecular flexibility index (Phi) is 6.51. The molecule has 1 heterocycles. The van der Waals surface area contributed by atoms with Crippen LogP contribution in [0.2, 0.25) is 0 Å². The largest absolute Gasteiger partial charge is 0.459 e. The van der Waals surface area contributed by atoms with Gasteiger partial charge in [-0.15, -0.1) is 0 Å². The van der Waals surface area contributed by atoms with E-state index in [-0.39, 0.29) is 36.1 Å². The summed E-state index contributed by atoms with van der Waals surface area (Å²) in [6.45, 7) is 0.251. The van der Waals surface area contributed by atoms with Crippen LogP contribution in [0.25, 0.3) is 0 Å². The van der Waals surface area contributed by atoms with Gasteiger partial charge in [0.15, 0.2) is 5.76 Å². The standard InChI is InChI=1S/C17H19FN2O4/c18-13-6-2-1-5-12(13)14(21)11-20-16(22)8-3-9-19-17(23)15-7-4-10-24-15/h1-2,4-7,10,14,21H,3,8-9,11H2,(H,19,23)(H,20,22). The molecule has 0 bridgehead atoms. The lowest BCUT2D eigenvalue weighted by molar-refractivity contribution is -0.121. The first kappa shape index (κ1) is 17.7. The molecule has 0 saturated carbocycles. The van der Waals surface area contributed by atoms with Crippen LogP contribution in [0.1, 0.15) is 35.1 Å². The third-order valence-corrected chi connectivity index (χ3v) is 3.37. The second kappa shape index (κ2) is 8.83. The summed E-state index contributed by atoms with van der Waals surface area (Å²) in [5.41, 5.74) is 0.142. The molecule has 1 aromatic carbocycles. The minimum atomic E-state index is -1.10. The predicted molar refractivity (Wildman–Crippen MR) is 84.6 cm³/mol. The molecule has 0 fully saturated rings. The Morgan fingerprint density at radius 3 is 2.67 bits per heavy atom. The first-order chi connectivity index (χ1) is 11.6. The highest BCUT2D eigenvalue weighted by atomic mass is 19.1. The number of aliphatic hydroxyl groups is 1. The zero-order valence-electron chi connectivity index (χ0n) is 13.0. The van der Waals surface area contributed by atoms with Crippen LogP contribution in [0.3, 0.4) is 0 Å². The molecule has 1 atom stereocenters. The van der Waals surface area contributed by atoms with Crippen molar-refractivity contribution in [3.05, 3.63) is 59.8 Å². The molecule has 2 rings (SSSR count). The first-order valence-electron chi connectivity index (χ1n) is 7.59. The summed E-state index contributed by atoms with van der Waals surface area (Å²) in [5, 5.41) is 15.0. The number of furan rings is 1. The fourth-order valence-corrected chi connectivity index (χ4v) is 2.10. The van der Waals surface area contributed by atoms with Crippen molar-refractivity contribution in [2.45, 2.75) is 18.9 Å². The van der Waals surface area contributed by atoms with Gasteiger partial charge in [-0.25, -0.2) is 4.39 Å². The fourth-order valence-electron chi connectivity index (χ4n) is 2.10. The lowest BCUT2D eigenvalue weighted by Gasteiger charge is -2.13. The van der Waals surface area contributed by atoms with Crippen LogP contribution in [0.15, 0.2) is 47.1 Å².